The Labute approximate surface area is 103 Å². The molecule has 2 fully saturated rings. The molecule has 2 aliphatic rings. The average molecular weight is 240 g/mol. The molecule has 0 atom stereocenters. The molecule has 98 valence electrons. The van der Waals surface area contributed by atoms with Gasteiger partial charge in [-0.1, -0.05) is 0 Å². The van der Waals surface area contributed by atoms with Gasteiger partial charge in [0.25, 0.3) is 0 Å². The SMILES string of the molecule is CCN(C(=O)CNCC1(CCO)CC1)C1CC1. The van der Waals surface area contributed by atoms with Crippen molar-refractivity contribution in [3.05, 3.63) is 0 Å². The van der Waals surface area contributed by atoms with Crippen LogP contribution in [0, 0.1) is 5.41 Å². The minimum Gasteiger partial charge on any atom is -0.396 e. The molecule has 2 N–H and O–H groups in total. The zero-order valence-corrected chi connectivity index (χ0v) is 10.7. The number of nitrogens with one attached hydrogen (secondary N) is 1. The molecule has 0 heterocycles. The van der Waals surface area contributed by atoms with Gasteiger partial charge in [0.05, 0.1) is 6.54 Å². The van der Waals surface area contributed by atoms with Crippen LogP contribution in [0.5, 0.6) is 0 Å². The number of carbonyl (C=O) groups excluding carboxylic acids is 1. The van der Waals surface area contributed by atoms with Gasteiger partial charge < -0.3 is 15.3 Å². The van der Waals surface area contributed by atoms with Crippen LogP contribution < -0.4 is 5.32 Å². The number of amides is 1. The predicted molar refractivity (Wildman–Crippen MR) is 66.6 cm³/mol. The second-order valence-electron chi connectivity index (χ2n) is 5.49. The summed E-state index contributed by atoms with van der Waals surface area (Å²) in [6.07, 6.45) is 5.60. The van der Waals surface area contributed by atoms with E-state index in [0.717, 1.165) is 19.5 Å². The maximum atomic E-state index is 11.9. The number of rotatable bonds is 8. The summed E-state index contributed by atoms with van der Waals surface area (Å²) in [6.45, 7) is 4.47. The van der Waals surface area contributed by atoms with Gasteiger partial charge in [-0.3, -0.25) is 4.79 Å². The molecule has 17 heavy (non-hydrogen) atoms. The summed E-state index contributed by atoms with van der Waals surface area (Å²) < 4.78 is 0. The Morgan fingerprint density at radius 1 is 1.47 bits per heavy atom. The molecule has 0 aliphatic heterocycles. The van der Waals surface area contributed by atoms with Crippen molar-refractivity contribution in [3.8, 4) is 0 Å². The van der Waals surface area contributed by atoms with E-state index in [1.807, 2.05) is 11.8 Å². The van der Waals surface area contributed by atoms with Gasteiger partial charge in [-0.05, 0) is 44.4 Å². The summed E-state index contributed by atoms with van der Waals surface area (Å²) in [5, 5.41) is 12.2. The largest absolute Gasteiger partial charge is 0.396 e. The van der Waals surface area contributed by atoms with Gasteiger partial charge in [0.15, 0.2) is 0 Å². The lowest BCUT2D eigenvalue weighted by atomic mass is 10.0. The van der Waals surface area contributed by atoms with E-state index in [-0.39, 0.29) is 12.5 Å². The zero-order chi connectivity index (χ0) is 12.3. The predicted octanol–water partition coefficient (Wildman–Crippen LogP) is 0.749. The summed E-state index contributed by atoms with van der Waals surface area (Å²) in [6, 6.07) is 0.515. The molecule has 0 radical (unpaired) electrons. The number of aliphatic hydroxyl groups excluding tert-OH is 1. The first-order valence-corrected chi connectivity index (χ1v) is 6.82. The van der Waals surface area contributed by atoms with Gasteiger partial charge in [0.1, 0.15) is 0 Å². The Kier molecular flexibility index (Phi) is 4.05. The molecule has 0 aromatic heterocycles. The first-order valence-electron chi connectivity index (χ1n) is 6.82. The highest BCUT2D eigenvalue weighted by atomic mass is 16.3. The maximum absolute atomic E-state index is 11.9. The lowest BCUT2D eigenvalue weighted by Crippen LogP contribution is -2.41. The minimum absolute atomic E-state index is 0.231. The smallest absolute Gasteiger partial charge is 0.236 e. The van der Waals surface area contributed by atoms with Gasteiger partial charge in [-0.15, -0.1) is 0 Å². The highest BCUT2D eigenvalue weighted by Gasteiger charge is 2.41. The molecule has 2 rings (SSSR count). The van der Waals surface area contributed by atoms with Crippen LogP contribution in [-0.2, 0) is 4.79 Å². The molecule has 0 aromatic rings. The monoisotopic (exact) mass is 240 g/mol. The molecule has 0 saturated heterocycles. The van der Waals surface area contributed by atoms with Crippen molar-refractivity contribution in [2.45, 2.75) is 45.1 Å². The van der Waals surface area contributed by atoms with Crippen molar-refractivity contribution in [2.24, 2.45) is 5.41 Å². The van der Waals surface area contributed by atoms with Gasteiger partial charge in [-0.2, -0.15) is 0 Å². The van der Waals surface area contributed by atoms with Gasteiger partial charge in [0, 0.05) is 25.7 Å². The Hall–Kier alpha value is -0.610. The summed E-state index contributed by atoms with van der Waals surface area (Å²) in [4.78, 5) is 13.9. The van der Waals surface area contributed by atoms with Crippen LogP contribution in [0.15, 0.2) is 0 Å². The number of hydrogen-bond acceptors (Lipinski definition) is 3. The van der Waals surface area contributed by atoms with Crippen molar-refractivity contribution in [2.75, 3.05) is 26.2 Å². The molecule has 0 spiro atoms. The Balaban J connectivity index is 1.65. The fourth-order valence-corrected chi connectivity index (χ4v) is 2.49. The van der Waals surface area contributed by atoms with Crippen molar-refractivity contribution >= 4 is 5.91 Å². The topological polar surface area (TPSA) is 52.6 Å². The van der Waals surface area contributed by atoms with E-state index in [1.54, 1.807) is 0 Å². The third kappa shape index (κ3) is 3.42. The first kappa shape index (κ1) is 12.8. The second-order valence-corrected chi connectivity index (χ2v) is 5.49. The third-order valence-electron chi connectivity index (χ3n) is 4.02. The Bertz CT molecular complexity index is 273. The highest BCUT2D eigenvalue weighted by Crippen LogP contribution is 2.47. The average Bonchev–Trinajstić information content (AvgIpc) is 3.16. The lowest BCUT2D eigenvalue weighted by molar-refractivity contribution is -0.130. The van der Waals surface area contributed by atoms with Crippen molar-refractivity contribution in [1.82, 2.24) is 10.2 Å². The number of likely N-dealkylation sites (N-methyl/N-ethyl adjacent to an activating group) is 1. The zero-order valence-electron chi connectivity index (χ0n) is 10.7. The molecular formula is C13H24N2O2. The van der Waals surface area contributed by atoms with Crippen LogP contribution in [0.3, 0.4) is 0 Å². The summed E-state index contributed by atoms with van der Waals surface area (Å²) in [5.74, 6) is 0.231. The molecule has 0 bridgehead atoms. The summed E-state index contributed by atoms with van der Waals surface area (Å²) >= 11 is 0. The first-order chi connectivity index (χ1) is 8.21. The number of hydrogen-bond donors (Lipinski definition) is 2. The molecular weight excluding hydrogens is 216 g/mol. The standard InChI is InChI=1S/C13H24N2O2/c1-2-15(11-3-4-11)12(17)9-14-10-13(5-6-13)7-8-16/h11,14,16H,2-10H2,1H3. The molecule has 4 heteroatoms. The fraction of sp³-hybridized carbons (Fsp3) is 0.923. The number of carbonyl (C=O) groups is 1. The lowest BCUT2D eigenvalue weighted by Gasteiger charge is -2.21. The number of aliphatic hydroxyl groups is 1. The van der Waals surface area contributed by atoms with Crippen LogP contribution in [0.2, 0.25) is 0 Å². The van der Waals surface area contributed by atoms with Crippen molar-refractivity contribution in [3.63, 3.8) is 0 Å². The van der Waals surface area contributed by atoms with Crippen LogP contribution in [0.4, 0.5) is 0 Å². The van der Waals surface area contributed by atoms with Crippen LogP contribution >= 0.6 is 0 Å². The molecule has 2 aliphatic carbocycles. The fourth-order valence-electron chi connectivity index (χ4n) is 2.49. The van der Waals surface area contributed by atoms with Crippen LogP contribution in [-0.4, -0.2) is 48.2 Å². The van der Waals surface area contributed by atoms with Crippen molar-refractivity contribution < 1.29 is 9.90 Å². The maximum Gasteiger partial charge on any atom is 0.236 e. The molecule has 1 amide bonds. The van der Waals surface area contributed by atoms with E-state index in [2.05, 4.69) is 5.32 Å². The quantitative estimate of drug-likeness (QED) is 0.658. The molecule has 2 saturated carbocycles. The Morgan fingerprint density at radius 2 is 2.18 bits per heavy atom. The molecule has 4 nitrogen and oxygen atoms in total. The Morgan fingerprint density at radius 3 is 2.65 bits per heavy atom. The van der Waals surface area contributed by atoms with E-state index in [4.69, 9.17) is 5.11 Å². The second kappa shape index (κ2) is 5.36. The van der Waals surface area contributed by atoms with E-state index in [1.165, 1.54) is 25.7 Å². The minimum atomic E-state index is 0.231. The van der Waals surface area contributed by atoms with E-state index < -0.39 is 0 Å². The van der Waals surface area contributed by atoms with Gasteiger partial charge in [0.2, 0.25) is 5.91 Å². The summed E-state index contributed by atoms with van der Waals surface area (Å²) in [7, 11) is 0. The van der Waals surface area contributed by atoms with Gasteiger partial charge >= 0.3 is 0 Å². The highest BCUT2D eigenvalue weighted by molar-refractivity contribution is 5.78. The molecule has 0 unspecified atom stereocenters. The summed E-state index contributed by atoms with van der Waals surface area (Å²) in [5.41, 5.74) is 0.297. The van der Waals surface area contributed by atoms with E-state index in [9.17, 15) is 4.79 Å². The van der Waals surface area contributed by atoms with E-state index in [0.29, 0.717) is 18.0 Å². The normalized spacial score (nSPS) is 21.3. The van der Waals surface area contributed by atoms with Gasteiger partial charge in [-0.25, -0.2) is 0 Å². The third-order valence-corrected chi connectivity index (χ3v) is 4.02. The van der Waals surface area contributed by atoms with Crippen molar-refractivity contribution in [1.29, 1.82) is 0 Å². The van der Waals surface area contributed by atoms with Crippen LogP contribution in [0.1, 0.15) is 39.0 Å². The molecule has 0 aromatic carbocycles. The van der Waals surface area contributed by atoms with E-state index >= 15 is 0 Å². The van der Waals surface area contributed by atoms with Crippen LogP contribution in [0.25, 0.3) is 0 Å². The number of nitrogens with zero attached hydrogens (tertiary/aromatic N) is 1.